The molecule has 0 radical (unpaired) electrons. The van der Waals surface area contributed by atoms with Crippen molar-refractivity contribution in [3.63, 3.8) is 0 Å². The second-order valence-electron chi connectivity index (χ2n) is 3.77. The van der Waals surface area contributed by atoms with Crippen LogP contribution in [0.4, 0.5) is 4.79 Å². The first kappa shape index (κ1) is 8.81. The molecule has 1 saturated heterocycles. The number of aliphatic hydroxyl groups is 1. The number of aliphatic hydroxyl groups excluding tert-OH is 1. The molecule has 4 nitrogen and oxygen atoms in total. The average molecular weight is 184 g/mol. The van der Waals surface area contributed by atoms with Crippen LogP contribution in [-0.2, 0) is 0 Å². The first-order valence-corrected chi connectivity index (χ1v) is 4.99. The number of carbonyl (C=O) groups excluding carboxylic acids is 1. The van der Waals surface area contributed by atoms with E-state index in [-0.39, 0.29) is 12.6 Å². The number of β-amino-alcohol motifs (C(OH)–C–C–N with tert-alkyl or cyclic N) is 1. The van der Waals surface area contributed by atoms with Crippen molar-refractivity contribution in [3.8, 4) is 0 Å². The Morgan fingerprint density at radius 3 is 2.69 bits per heavy atom. The van der Waals surface area contributed by atoms with Crippen molar-refractivity contribution in [1.29, 1.82) is 0 Å². The molecule has 4 heteroatoms. The molecule has 1 aliphatic heterocycles. The van der Waals surface area contributed by atoms with Gasteiger partial charge in [0.2, 0.25) is 0 Å². The number of carbonyl (C=O) groups is 1. The summed E-state index contributed by atoms with van der Waals surface area (Å²) >= 11 is 0. The Morgan fingerprint density at radius 1 is 1.38 bits per heavy atom. The normalized spacial score (nSPS) is 23.9. The van der Waals surface area contributed by atoms with Crippen molar-refractivity contribution < 1.29 is 9.90 Å². The Kier molecular flexibility index (Phi) is 2.40. The fourth-order valence-electron chi connectivity index (χ4n) is 1.97. The van der Waals surface area contributed by atoms with Crippen LogP contribution < -0.4 is 0 Å². The molecule has 0 bridgehead atoms. The highest BCUT2D eigenvalue weighted by Crippen LogP contribution is 2.27. The number of amides is 2. The molecule has 1 N–H and O–H groups in total. The molecule has 13 heavy (non-hydrogen) atoms. The molecule has 0 spiro atoms. The summed E-state index contributed by atoms with van der Waals surface area (Å²) in [4.78, 5) is 15.4. The molecule has 2 rings (SSSR count). The quantitative estimate of drug-likeness (QED) is 0.684. The summed E-state index contributed by atoms with van der Waals surface area (Å²) in [7, 11) is 0. The molecule has 0 aromatic rings. The zero-order valence-corrected chi connectivity index (χ0v) is 7.78. The van der Waals surface area contributed by atoms with Gasteiger partial charge in [-0.2, -0.15) is 0 Å². The highest BCUT2D eigenvalue weighted by Gasteiger charge is 2.35. The smallest absolute Gasteiger partial charge is 0.320 e. The Bertz CT molecular complexity index is 204. The van der Waals surface area contributed by atoms with Gasteiger partial charge in [0.15, 0.2) is 0 Å². The summed E-state index contributed by atoms with van der Waals surface area (Å²) < 4.78 is 0. The predicted molar refractivity (Wildman–Crippen MR) is 48.4 cm³/mol. The van der Waals surface area contributed by atoms with Crippen LogP contribution in [0.25, 0.3) is 0 Å². The summed E-state index contributed by atoms with van der Waals surface area (Å²) in [6.45, 7) is 2.20. The molecule has 1 aliphatic carbocycles. The van der Waals surface area contributed by atoms with Crippen LogP contribution in [0, 0.1) is 0 Å². The van der Waals surface area contributed by atoms with Gasteiger partial charge in [-0.15, -0.1) is 0 Å². The van der Waals surface area contributed by atoms with Gasteiger partial charge < -0.3 is 14.9 Å². The van der Waals surface area contributed by atoms with Gasteiger partial charge in [-0.1, -0.05) is 0 Å². The molecule has 0 aromatic carbocycles. The van der Waals surface area contributed by atoms with Gasteiger partial charge in [0, 0.05) is 25.7 Å². The molecular weight excluding hydrogens is 168 g/mol. The number of nitrogens with zero attached hydrogens (tertiary/aromatic N) is 2. The molecule has 0 aromatic heterocycles. The van der Waals surface area contributed by atoms with E-state index < -0.39 is 0 Å². The van der Waals surface area contributed by atoms with Gasteiger partial charge in [-0.25, -0.2) is 4.79 Å². The molecule has 2 fully saturated rings. The fourth-order valence-corrected chi connectivity index (χ4v) is 1.97. The Hall–Kier alpha value is -0.770. The lowest BCUT2D eigenvalue weighted by atomic mass is 9.92. The molecule has 74 valence electrons. The standard InChI is InChI=1S/C9H16N2O2/c12-7-6-10-4-5-11(9(10)13)8-2-1-3-8/h8,12H,1-7H2. The third kappa shape index (κ3) is 1.50. The summed E-state index contributed by atoms with van der Waals surface area (Å²) in [5, 5.41) is 8.73. The summed E-state index contributed by atoms with van der Waals surface area (Å²) in [5.74, 6) is 0. The number of hydrogen-bond acceptors (Lipinski definition) is 2. The van der Waals surface area contributed by atoms with Crippen molar-refractivity contribution in [2.45, 2.75) is 25.3 Å². The second kappa shape index (κ2) is 3.54. The highest BCUT2D eigenvalue weighted by atomic mass is 16.3. The largest absolute Gasteiger partial charge is 0.395 e. The third-order valence-corrected chi connectivity index (χ3v) is 3.01. The SMILES string of the molecule is O=C1N(CCO)CCN1C1CCC1. The van der Waals surface area contributed by atoms with Crippen molar-refractivity contribution in [1.82, 2.24) is 9.80 Å². The molecule has 2 aliphatic rings. The van der Waals surface area contributed by atoms with Crippen LogP contribution in [0.15, 0.2) is 0 Å². The van der Waals surface area contributed by atoms with E-state index in [1.165, 1.54) is 19.3 Å². The zero-order valence-electron chi connectivity index (χ0n) is 7.78. The van der Waals surface area contributed by atoms with Gasteiger partial charge in [-0.3, -0.25) is 0 Å². The minimum atomic E-state index is 0.0737. The topological polar surface area (TPSA) is 43.8 Å². The highest BCUT2D eigenvalue weighted by molar-refractivity contribution is 5.77. The maximum atomic E-state index is 11.7. The summed E-state index contributed by atoms with van der Waals surface area (Å²) in [5.41, 5.74) is 0. The average Bonchev–Trinajstić information content (AvgIpc) is 2.34. The van der Waals surface area contributed by atoms with E-state index in [2.05, 4.69) is 0 Å². The van der Waals surface area contributed by atoms with E-state index in [9.17, 15) is 4.79 Å². The van der Waals surface area contributed by atoms with Crippen molar-refractivity contribution in [2.24, 2.45) is 0 Å². The Balaban J connectivity index is 1.90. The second-order valence-corrected chi connectivity index (χ2v) is 3.77. The Morgan fingerprint density at radius 2 is 2.15 bits per heavy atom. The van der Waals surface area contributed by atoms with Crippen LogP contribution in [0.5, 0.6) is 0 Å². The van der Waals surface area contributed by atoms with E-state index in [0.29, 0.717) is 12.6 Å². The number of rotatable bonds is 3. The monoisotopic (exact) mass is 184 g/mol. The lowest BCUT2D eigenvalue weighted by Crippen LogP contribution is -2.43. The fraction of sp³-hybridized carbons (Fsp3) is 0.889. The van der Waals surface area contributed by atoms with Crippen LogP contribution in [-0.4, -0.2) is 53.2 Å². The van der Waals surface area contributed by atoms with Gasteiger partial charge in [-0.05, 0) is 19.3 Å². The molecule has 2 amide bonds. The van der Waals surface area contributed by atoms with Crippen LogP contribution >= 0.6 is 0 Å². The maximum absolute atomic E-state index is 11.7. The van der Waals surface area contributed by atoms with Crippen LogP contribution in [0.3, 0.4) is 0 Å². The Labute approximate surface area is 78.1 Å². The van der Waals surface area contributed by atoms with Crippen molar-refractivity contribution >= 4 is 6.03 Å². The summed E-state index contributed by atoms with van der Waals surface area (Å²) in [6.07, 6.45) is 3.59. The minimum Gasteiger partial charge on any atom is -0.395 e. The lowest BCUT2D eigenvalue weighted by molar-refractivity contribution is 0.144. The maximum Gasteiger partial charge on any atom is 0.320 e. The van der Waals surface area contributed by atoms with Gasteiger partial charge in [0.1, 0.15) is 0 Å². The van der Waals surface area contributed by atoms with Gasteiger partial charge >= 0.3 is 6.03 Å². The molecule has 0 atom stereocenters. The summed E-state index contributed by atoms with van der Waals surface area (Å²) in [6, 6.07) is 0.620. The van der Waals surface area contributed by atoms with E-state index in [1.54, 1.807) is 4.90 Å². The first-order valence-electron chi connectivity index (χ1n) is 4.99. The minimum absolute atomic E-state index is 0.0737. The number of urea groups is 1. The van der Waals surface area contributed by atoms with E-state index >= 15 is 0 Å². The number of hydrogen-bond donors (Lipinski definition) is 1. The van der Waals surface area contributed by atoms with Crippen LogP contribution in [0.2, 0.25) is 0 Å². The third-order valence-electron chi connectivity index (χ3n) is 3.01. The van der Waals surface area contributed by atoms with E-state index in [1.807, 2.05) is 4.90 Å². The predicted octanol–water partition coefficient (Wildman–Crippen LogP) is 0.269. The molecule has 1 heterocycles. The van der Waals surface area contributed by atoms with E-state index in [4.69, 9.17) is 5.11 Å². The molecular formula is C9H16N2O2. The lowest BCUT2D eigenvalue weighted by Gasteiger charge is -2.34. The van der Waals surface area contributed by atoms with Crippen molar-refractivity contribution in [3.05, 3.63) is 0 Å². The van der Waals surface area contributed by atoms with Gasteiger partial charge in [0.25, 0.3) is 0 Å². The molecule has 1 saturated carbocycles. The zero-order chi connectivity index (χ0) is 9.26. The molecule has 0 unspecified atom stereocenters. The van der Waals surface area contributed by atoms with Gasteiger partial charge in [0.05, 0.1) is 6.61 Å². The van der Waals surface area contributed by atoms with E-state index in [0.717, 1.165) is 13.1 Å². The van der Waals surface area contributed by atoms with Crippen molar-refractivity contribution in [2.75, 3.05) is 26.2 Å². The van der Waals surface area contributed by atoms with Crippen LogP contribution in [0.1, 0.15) is 19.3 Å². The first-order chi connectivity index (χ1) is 6.33.